The predicted octanol–water partition coefficient (Wildman–Crippen LogP) is 2.14. The monoisotopic (exact) mass is 196 g/mol. The molecule has 0 aliphatic rings. The van der Waals surface area contributed by atoms with Crippen LogP contribution in [0.2, 0.25) is 0 Å². The zero-order valence-corrected chi connectivity index (χ0v) is 9.70. The first-order valence-electron chi connectivity index (χ1n) is 5.13. The van der Waals surface area contributed by atoms with E-state index in [0.717, 1.165) is 12.1 Å². The lowest BCUT2D eigenvalue weighted by Crippen LogP contribution is -2.14. The lowest BCUT2D eigenvalue weighted by Gasteiger charge is -2.15. The number of nitrogens with zero attached hydrogens (tertiary/aromatic N) is 2. The number of aromatic nitrogens is 2. The fourth-order valence-electron chi connectivity index (χ4n) is 1.77. The van der Waals surface area contributed by atoms with Gasteiger partial charge in [-0.1, -0.05) is 0 Å². The van der Waals surface area contributed by atoms with Crippen molar-refractivity contribution in [2.75, 3.05) is 0 Å². The Labute approximate surface area is 85.8 Å². The molecule has 14 heavy (non-hydrogen) atoms. The van der Waals surface area contributed by atoms with Gasteiger partial charge in [-0.25, -0.2) is 0 Å². The van der Waals surface area contributed by atoms with E-state index in [-0.39, 0.29) is 12.1 Å². The van der Waals surface area contributed by atoms with Crippen molar-refractivity contribution in [3.05, 3.63) is 17.0 Å². The number of aliphatic hydroxyl groups excluding tert-OH is 1. The van der Waals surface area contributed by atoms with Gasteiger partial charge in [0.25, 0.3) is 0 Å². The summed E-state index contributed by atoms with van der Waals surface area (Å²) in [6.45, 7) is 10.1. The SMILES string of the molecule is Cc1nn(C(C)CC(C)O)c(C)c1C. The van der Waals surface area contributed by atoms with Crippen LogP contribution >= 0.6 is 0 Å². The van der Waals surface area contributed by atoms with E-state index in [1.165, 1.54) is 11.3 Å². The predicted molar refractivity (Wildman–Crippen MR) is 57.4 cm³/mol. The van der Waals surface area contributed by atoms with Gasteiger partial charge in [-0.3, -0.25) is 4.68 Å². The number of aliphatic hydroxyl groups is 1. The van der Waals surface area contributed by atoms with Crippen molar-refractivity contribution in [2.45, 2.75) is 53.2 Å². The Balaban J connectivity index is 2.90. The van der Waals surface area contributed by atoms with Crippen LogP contribution in [0, 0.1) is 20.8 Å². The summed E-state index contributed by atoms with van der Waals surface area (Å²) in [7, 11) is 0. The summed E-state index contributed by atoms with van der Waals surface area (Å²) in [4.78, 5) is 0. The Kier molecular flexibility index (Phi) is 3.32. The van der Waals surface area contributed by atoms with Gasteiger partial charge in [-0.15, -0.1) is 0 Å². The third-order valence-electron chi connectivity index (χ3n) is 2.79. The molecule has 0 fully saturated rings. The molecule has 0 aliphatic heterocycles. The molecule has 0 aliphatic carbocycles. The van der Waals surface area contributed by atoms with Crippen LogP contribution in [0.25, 0.3) is 0 Å². The summed E-state index contributed by atoms with van der Waals surface area (Å²) in [5, 5.41) is 13.8. The molecule has 80 valence electrons. The first-order chi connectivity index (χ1) is 6.43. The van der Waals surface area contributed by atoms with Crippen LogP contribution in [0.1, 0.15) is 43.3 Å². The molecule has 2 unspecified atom stereocenters. The molecule has 0 spiro atoms. The van der Waals surface area contributed by atoms with E-state index < -0.39 is 0 Å². The quantitative estimate of drug-likeness (QED) is 0.804. The van der Waals surface area contributed by atoms with E-state index in [0.29, 0.717) is 0 Å². The molecule has 1 rings (SSSR count). The molecule has 1 aromatic rings. The van der Waals surface area contributed by atoms with Crippen LogP contribution in [-0.4, -0.2) is 21.0 Å². The Morgan fingerprint density at radius 3 is 2.21 bits per heavy atom. The smallest absolute Gasteiger partial charge is 0.0625 e. The minimum absolute atomic E-state index is 0.266. The van der Waals surface area contributed by atoms with Crippen molar-refractivity contribution < 1.29 is 5.11 Å². The molecule has 2 atom stereocenters. The Morgan fingerprint density at radius 1 is 1.29 bits per heavy atom. The van der Waals surface area contributed by atoms with Gasteiger partial charge in [-0.05, 0) is 46.6 Å². The highest BCUT2D eigenvalue weighted by molar-refractivity contribution is 5.22. The van der Waals surface area contributed by atoms with E-state index in [1.54, 1.807) is 0 Å². The molecule has 1 heterocycles. The summed E-state index contributed by atoms with van der Waals surface area (Å²) >= 11 is 0. The average Bonchev–Trinajstić information content (AvgIpc) is 2.32. The van der Waals surface area contributed by atoms with Crippen molar-refractivity contribution in [2.24, 2.45) is 0 Å². The molecule has 1 aromatic heterocycles. The van der Waals surface area contributed by atoms with Crippen LogP contribution in [0.4, 0.5) is 0 Å². The van der Waals surface area contributed by atoms with E-state index in [2.05, 4.69) is 25.9 Å². The van der Waals surface area contributed by atoms with Crippen molar-refractivity contribution in [1.82, 2.24) is 9.78 Å². The van der Waals surface area contributed by atoms with Gasteiger partial charge in [0, 0.05) is 5.69 Å². The molecule has 0 saturated carbocycles. The first-order valence-corrected chi connectivity index (χ1v) is 5.13. The van der Waals surface area contributed by atoms with Crippen LogP contribution in [0.15, 0.2) is 0 Å². The second-order valence-corrected chi connectivity index (χ2v) is 4.17. The molecule has 0 bridgehead atoms. The van der Waals surface area contributed by atoms with E-state index in [9.17, 15) is 5.11 Å². The van der Waals surface area contributed by atoms with Crippen molar-refractivity contribution >= 4 is 0 Å². The third-order valence-corrected chi connectivity index (χ3v) is 2.79. The highest BCUT2D eigenvalue weighted by atomic mass is 16.3. The second kappa shape index (κ2) is 4.13. The summed E-state index contributed by atoms with van der Waals surface area (Å²) in [6, 6.07) is 0.266. The van der Waals surface area contributed by atoms with Crippen molar-refractivity contribution in [1.29, 1.82) is 0 Å². The minimum Gasteiger partial charge on any atom is -0.393 e. The summed E-state index contributed by atoms with van der Waals surface area (Å²) in [5.74, 6) is 0. The maximum atomic E-state index is 9.31. The third kappa shape index (κ3) is 2.15. The van der Waals surface area contributed by atoms with Gasteiger partial charge in [0.15, 0.2) is 0 Å². The molecule has 1 N–H and O–H groups in total. The van der Waals surface area contributed by atoms with E-state index >= 15 is 0 Å². The van der Waals surface area contributed by atoms with Gasteiger partial charge in [0.1, 0.15) is 0 Å². The average molecular weight is 196 g/mol. The van der Waals surface area contributed by atoms with Gasteiger partial charge in [0.05, 0.1) is 17.8 Å². The van der Waals surface area contributed by atoms with Gasteiger partial charge < -0.3 is 5.11 Å². The summed E-state index contributed by atoms with van der Waals surface area (Å²) in [5.41, 5.74) is 3.54. The van der Waals surface area contributed by atoms with Crippen LogP contribution in [0.3, 0.4) is 0 Å². The number of hydrogen-bond acceptors (Lipinski definition) is 2. The highest BCUT2D eigenvalue weighted by Gasteiger charge is 2.14. The van der Waals surface area contributed by atoms with Gasteiger partial charge in [-0.2, -0.15) is 5.10 Å². The van der Waals surface area contributed by atoms with Crippen LogP contribution in [-0.2, 0) is 0 Å². The molecular formula is C11H20N2O. The van der Waals surface area contributed by atoms with Crippen LogP contribution < -0.4 is 0 Å². The Morgan fingerprint density at radius 2 is 1.86 bits per heavy atom. The number of rotatable bonds is 3. The summed E-state index contributed by atoms with van der Waals surface area (Å²) in [6.07, 6.45) is 0.482. The normalized spacial score (nSPS) is 15.6. The maximum Gasteiger partial charge on any atom is 0.0625 e. The fourth-order valence-corrected chi connectivity index (χ4v) is 1.77. The van der Waals surface area contributed by atoms with E-state index in [1.807, 2.05) is 18.5 Å². The molecule has 3 heteroatoms. The zero-order valence-electron chi connectivity index (χ0n) is 9.70. The Hall–Kier alpha value is -0.830. The Bertz CT molecular complexity index is 315. The molecular weight excluding hydrogens is 176 g/mol. The van der Waals surface area contributed by atoms with Gasteiger partial charge >= 0.3 is 0 Å². The fraction of sp³-hybridized carbons (Fsp3) is 0.727. The molecule has 0 radical (unpaired) electrons. The molecule has 0 aromatic carbocycles. The highest BCUT2D eigenvalue weighted by Crippen LogP contribution is 2.19. The molecule has 0 amide bonds. The van der Waals surface area contributed by atoms with Crippen LogP contribution in [0.5, 0.6) is 0 Å². The van der Waals surface area contributed by atoms with Gasteiger partial charge in [0.2, 0.25) is 0 Å². The first kappa shape index (κ1) is 11.2. The largest absolute Gasteiger partial charge is 0.393 e. The standard InChI is InChI=1S/C11H20N2O/c1-7(6-8(2)14)13-11(5)9(3)10(4)12-13/h7-8,14H,6H2,1-5H3. The number of aryl methyl sites for hydroxylation is 1. The topological polar surface area (TPSA) is 38.0 Å². The summed E-state index contributed by atoms with van der Waals surface area (Å²) < 4.78 is 2.01. The lowest BCUT2D eigenvalue weighted by atomic mass is 10.1. The lowest BCUT2D eigenvalue weighted by molar-refractivity contribution is 0.162. The molecule has 0 saturated heterocycles. The van der Waals surface area contributed by atoms with Crippen molar-refractivity contribution in [3.63, 3.8) is 0 Å². The maximum absolute atomic E-state index is 9.31. The van der Waals surface area contributed by atoms with E-state index in [4.69, 9.17) is 0 Å². The zero-order chi connectivity index (χ0) is 10.9. The second-order valence-electron chi connectivity index (χ2n) is 4.17. The minimum atomic E-state index is -0.269. The van der Waals surface area contributed by atoms with Crippen molar-refractivity contribution in [3.8, 4) is 0 Å². The number of hydrogen-bond donors (Lipinski definition) is 1. The molecule has 3 nitrogen and oxygen atoms in total.